The van der Waals surface area contributed by atoms with Gasteiger partial charge in [0.25, 0.3) is 0 Å². The van der Waals surface area contributed by atoms with Crippen molar-refractivity contribution in [1.82, 2.24) is 15.1 Å². The van der Waals surface area contributed by atoms with E-state index in [0.29, 0.717) is 5.69 Å². The van der Waals surface area contributed by atoms with Crippen LogP contribution in [-0.4, -0.2) is 39.6 Å². The van der Waals surface area contributed by atoms with E-state index in [1.165, 1.54) is 0 Å². The highest BCUT2D eigenvalue weighted by Crippen LogP contribution is 2.44. The summed E-state index contributed by atoms with van der Waals surface area (Å²) in [6.07, 6.45) is -0.668. The molecule has 0 spiro atoms. The summed E-state index contributed by atoms with van der Waals surface area (Å²) in [5, 5.41) is 16.2. The Morgan fingerprint density at radius 1 is 1.13 bits per heavy atom. The number of nitrogens with zero attached hydrogens (tertiary/aromatic N) is 2. The summed E-state index contributed by atoms with van der Waals surface area (Å²) in [5.41, 5.74) is 5.99. The molecule has 1 aliphatic carbocycles. The molecule has 2 N–H and O–H groups in total. The molecule has 1 aliphatic rings. The Morgan fingerprint density at radius 3 is 2.27 bits per heavy atom. The lowest BCUT2D eigenvalue weighted by Gasteiger charge is -2.17. The third-order valence-corrected chi connectivity index (χ3v) is 5.51. The molecule has 1 heterocycles. The van der Waals surface area contributed by atoms with Crippen molar-refractivity contribution in [2.45, 2.75) is 25.3 Å². The molecule has 0 fully saturated rings. The minimum Gasteiger partial charge on any atom is -0.480 e. The fraction of sp³-hybridized carbons (Fsp3) is 0.261. The van der Waals surface area contributed by atoms with Crippen LogP contribution in [0.2, 0.25) is 0 Å². The number of carbonyl (C=O) groups excluding carboxylic acids is 1. The number of aromatic nitrogens is 2. The number of carboxylic acids is 1. The average molecular weight is 405 g/mol. The highest BCUT2D eigenvalue weighted by Gasteiger charge is 2.30. The number of fused-ring (bicyclic) bond motifs is 3. The predicted molar refractivity (Wildman–Crippen MR) is 111 cm³/mol. The highest BCUT2D eigenvalue weighted by atomic mass is 16.5. The number of rotatable bonds is 6. The maximum Gasteiger partial charge on any atom is 0.407 e. The summed E-state index contributed by atoms with van der Waals surface area (Å²) in [7, 11) is 1.79. The molecule has 0 saturated heterocycles. The Balaban J connectivity index is 1.43. The van der Waals surface area contributed by atoms with Gasteiger partial charge in [0.2, 0.25) is 0 Å². The molecule has 30 heavy (non-hydrogen) atoms. The molecule has 0 saturated carbocycles. The maximum atomic E-state index is 12.4. The minimum absolute atomic E-state index is 0.0788. The number of aliphatic carboxylic acids is 1. The van der Waals surface area contributed by atoms with Gasteiger partial charge in [-0.25, -0.2) is 9.59 Å². The molecule has 1 aromatic heterocycles. The van der Waals surface area contributed by atoms with Crippen molar-refractivity contribution in [3.8, 4) is 11.1 Å². The standard InChI is InChI=1S/C23H23N3O4/c1-14-11-15(25-26(14)2)12-21(22(27)28)24-23(29)30-13-20-18-9-5-3-7-16(18)17-8-4-6-10-19(17)20/h3-11,20-21H,12-13H2,1-2H3,(H,24,29)(H,27,28). The van der Waals surface area contributed by atoms with Crippen molar-refractivity contribution in [3.63, 3.8) is 0 Å². The molecular formula is C23H23N3O4. The smallest absolute Gasteiger partial charge is 0.407 e. The number of hydrogen-bond acceptors (Lipinski definition) is 4. The summed E-state index contributed by atoms with van der Waals surface area (Å²) in [6.45, 7) is 2.01. The van der Waals surface area contributed by atoms with Crippen molar-refractivity contribution in [1.29, 1.82) is 0 Å². The zero-order valence-corrected chi connectivity index (χ0v) is 16.8. The van der Waals surface area contributed by atoms with E-state index < -0.39 is 18.1 Å². The maximum absolute atomic E-state index is 12.4. The van der Waals surface area contributed by atoms with Crippen molar-refractivity contribution >= 4 is 12.1 Å². The molecule has 0 bridgehead atoms. The fourth-order valence-electron chi connectivity index (χ4n) is 3.93. The van der Waals surface area contributed by atoms with Gasteiger partial charge in [0, 0.05) is 25.1 Å². The molecular weight excluding hydrogens is 382 g/mol. The van der Waals surface area contributed by atoms with E-state index in [0.717, 1.165) is 27.9 Å². The molecule has 1 unspecified atom stereocenters. The first-order valence-electron chi connectivity index (χ1n) is 9.78. The number of amides is 1. The minimum atomic E-state index is -1.13. The summed E-state index contributed by atoms with van der Waals surface area (Å²) < 4.78 is 7.12. The molecule has 154 valence electrons. The molecule has 4 rings (SSSR count). The Bertz CT molecular complexity index is 1040. The van der Waals surface area contributed by atoms with Gasteiger partial charge in [-0.2, -0.15) is 5.10 Å². The molecule has 1 atom stereocenters. The largest absolute Gasteiger partial charge is 0.480 e. The number of carbonyl (C=O) groups is 2. The van der Waals surface area contributed by atoms with Crippen LogP contribution in [0.1, 0.15) is 28.4 Å². The molecule has 7 heteroatoms. The zero-order valence-electron chi connectivity index (χ0n) is 16.8. The van der Waals surface area contributed by atoms with E-state index in [9.17, 15) is 14.7 Å². The Morgan fingerprint density at radius 2 is 1.73 bits per heavy atom. The summed E-state index contributed by atoms with van der Waals surface area (Å²) in [4.78, 5) is 24.0. The normalized spacial score (nSPS) is 13.4. The quantitative estimate of drug-likeness (QED) is 0.657. The van der Waals surface area contributed by atoms with Gasteiger partial charge in [-0.3, -0.25) is 4.68 Å². The molecule has 0 radical (unpaired) electrons. The summed E-state index contributed by atoms with van der Waals surface area (Å²) >= 11 is 0. The van der Waals surface area contributed by atoms with Crippen molar-refractivity contribution in [2.75, 3.05) is 6.61 Å². The first-order chi connectivity index (χ1) is 14.4. The number of nitrogens with one attached hydrogen (secondary N) is 1. The third-order valence-electron chi connectivity index (χ3n) is 5.51. The van der Waals surface area contributed by atoms with Crippen LogP contribution < -0.4 is 5.32 Å². The molecule has 3 aromatic rings. The van der Waals surface area contributed by atoms with Crippen LogP contribution in [-0.2, 0) is 23.0 Å². The molecule has 7 nitrogen and oxygen atoms in total. The Hall–Kier alpha value is -3.61. The second kappa shape index (κ2) is 8.02. The van der Waals surface area contributed by atoms with Gasteiger partial charge in [-0.1, -0.05) is 48.5 Å². The van der Waals surface area contributed by atoms with E-state index in [2.05, 4.69) is 22.5 Å². The number of hydrogen-bond donors (Lipinski definition) is 2. The first-order valence-corrected chi connectivity index (χ1v) is 9.78. The fourth-order valence-corrected chi connectivity index (χ4v) is 3.93. The van der Waals surface area contributed by atoms with Gasteiger partial charge < -0.3 is 15.2 Å². The van der Waals surface area contributed by atoms with Crippen LogP contribution in [0.4, 0.5) is 4.79 Å². The summed E-state index contributed by atoms with van der Waals surface area (Å²) in [6, 6.07) is 16.8. The second-order valence-electron chi connectivity index (χ2n) is 7.47. The zero-order chi connectivity index (χ0) is 21.3. The number of ether oxygens (including phenoxy) is 1. The van der Waals surface area contributed by atoms with Crippen molar-refractivity contribution in [3.05, 3.63) is 77.1 Å². The van der Waals surface area contributed by atoms with Crippen LogP contribution in [0.15, 0.2) is 54.6 Å². The number of benzene rings is 2. The summed E-state index contributed by atoms with van der Waals surface area (Å²) in [5.74, 6) is -1.21. The van der Waals surface area contributed by atoms with Crippen molar-refractivity contribution < 1.29 is 19.4 Å². The average Bonchev–Trinajstić information content (AvgIpc) is 3.22. The number of aryl methyl sites for hydroxylation is 2. The highest BCUT2D eigenvalue weighted by molar-refractivity contribution is 5.81. The lowest BCUT2D eigenvalue weighted by molar-refractivity contribution is -0.139. The topological polar surface area (TPSA) is 93.4 Å². The van der Waals surface area contributed by atoms with Crippen LogP contribution in [0, 0.1) is 6.92 Å². The lowest BCUT2D eigenvalue weighted by atomic mass is 9.98. The Kier molecular flexibility index (Phi) is 5.27. The van der Waals surface area contributed by atoms with Gasteiger partial charge in [0.05, 0.1) is 5.69 Å². The van der Waals surface area contributed by atoms with E-state index in [1.807, 2.05) is 43.3 Å². The number of alkyl carbamates (subject to hydrolysis) is 1. The van der Waals surface area contributed by atoms with E-state index in [4.69, 9.17) is 4.74 Å². The van der Waals surface area contributed by atoms with Crippen LogP contribution >= 0.6 is 0 Å². The third kappa shape index (κ3) is 3.78. The second-order valence-corrected chi connectivity index (χ2v) is 7.47. The molecule has 0 aliphatic heterocycles. The van der Waals surface area contributed by atoms with Crippen LogP contribution in [0.3, 0.4) is 0 Å². The van der Waals surface area contributed by atoms with Crippen molar-refractivity contribution in [2.24, 2.45) is 7.05 Å². The first kappa shape index (κ1) is 19.7. The van der Waals surface area contributed by atoms with E-state index in [1.54, 1.807) is 17.8 Å². The van der Waals surface area contributed by atoms with Gasteiger partial charge >= 0.3 is 12.1 Å². The van der Waals surface area contributed by atoms with E-state index >= 15 is 0 Å². The monoisotopic (exact) mass is 405 g/mol. The van der Waals surface area contributed by atoms with Gasteiger partial charge in [0.15, 0.2) is 0 Å². The van der Waals surface area contributed by atoms with E-state index in [-0.39, 0.29) is 18.9 Å². The van der Waals surface area contributed by atoms with Crippen LogP contribution in [0.5, 0.6) is 0 Å². The van der Waals surface area contributed by atoms with Gasteiger partial charge in [-0.05, 0) is 35.2 Å². The lowest BCUT2D eigenvalue weighted by Crippen LogP contribution is -2.43. The van der Waals surface area contributed by atoms with Crippen LogP contribution in [0.25, 0.3) is 11.1 Å². The van der Waals surface area contributed by atoms with Gasteiger partial charge in [0.1, 0.15) is 12.6 Å². The Labute approximate surface area is 174 Å². The molecule has 2 aromatic carbocycles. The predicted octanol–water partition coefficient (Wildman–Crippen LogP) is 3.26. The molecule has 1 amide bonds. The number of carboxylic acid groups (broad SMARTS) is 1. The SMILES string of the molecule is Cc1cc(CC(NC(=O)OCC2c3ccccc3-c3ccccc32)C(=O)O)nn1C. The van der Waals surface area contributed by atoms with Gasteiger partial charge in [-0.15, -0.1) is 0 Å².